The fourth-order valence-corrected chi connectivity index (χ4v) is 3.52. The van der Waals surface area contributed by atoms with Crippen molar-refractivity contribution in [2.75, 3.05) is 20.6 Å². The average molecular weight is 399 g/mol. The van der Waals surface area contributed by atoms with E-state index in [0.717, 1.165) is 4.31 Å². The maximum atomic E-state index is 13.4. The van der Waals surface area contributed by atoms with Crippen molar-refractivity contribution in [2.45, 2.75) is 18.4 Å². The van der Waals surface area contributed by atoms with Gasteiger partial charge in [-0.15, -0.1) is 0 Å². The van der Waals surface area contributed by atoms with E-state index >= 15 is 0 Å². The summed E-state index contributed by atoms with van der Waals surface area (Å²) in [5, 5.41) is 0.158. The van der Waals surface area contributed by atoms with Gasteiger partial charge in [0.1, 0.15) is 5.82 Å². The molecule has 0 heterocycles. The maximum Gasteiger partial charge on any atom is 0.255 e. The molecule has 0 aliphatic carbocycles. The zero-order valence-corrected chi connectivity index (χ0v) is 16.3. The lowest BCUT2D eigenvalue weighted by atomic mass is 10.1. The van der Waals surface area contributed by atoms with Crippen molar-refractivity contribution < 1.29 is 17.6 Å². The number of carbonyl (C=O) groups excluding carboxylic acids is 1. The van der Waals surface area contributed by atoms with E-state index in [1.165, 1.54) is 49.3 Å². The molecule has 2 aromatic rings. The average Bonchev–Trinajstić information content (AvgIpc) is 2.59. The quantitative estimate of drug-likeness (QED) is 0.749. The summed E-state index contributed by atoms with van der Waals surface area (Å²) in [5.41, 5.74) is 0.723. The first-order valence-electron chi connectivity index (χ1n) is 7.92. The standard InChI is InChI=1S/C18H20ClFN2O3S/c1-4-22(12-13-6-5-7-14(20)10-13)18(23)16-11-15(8-9-17(16)19)26(24,25)21(2)3/h5-11H,4,12H2,1-3H3. The highest BCUT2D eigenvalue weighted by atomic mass is 35.5. The summed E-state index contributed by atoms with van der Waals surface area (Å²) in [5.74, 6) is -0.805. The fourth-order valence-electron chi connectivity index (χ4n) is 2.39. The number of carbonyl (C=O) groups is 1. The molecular formula is C18H20ClFN2O3S. The van der Waals surface area contributed by atoms with Crippen molar-refractivity contribution in [2.24, 2.45) is 0 Å². The molecule has 2 aromatic carbocycles. The van der Waals surface area contributed by atoms with Crippen LogP contribution in [0, 0.1) is 5.82 Å². The molecule has 1 amide bonds. The van der Waals surface area contributed by atoms with Crippen LogP contribution in [0.1, 0.15) is 22.8 Å². The molecule has 0 aliphatic heterocycles. The van der Waals surface area contributed by atoms with Crippen LogP contribution in [-0.2, 0) is 16.6 Å². The Hall–Kier alpha value is -1.96. The molecule has 0 bridgehead atoms. The highest BCUT2D eigenvalue weighted by molar-refractivity contribution is 7.89. The Morgan fingerprint density at radius 2 is 1.85 bits per heavy atom. The summed E-state index contributed by atoms with van der Waals surface area (Å²) in [6.45, 7) is 2.33. The molecule has 0 fully saturated rings. The van der Waals surface area contributed by atoms with Crippen LogP contribution in [-0.4, -0.2) is 44.2 Å². The van der Waals surface area contributed by atoms with Gasteiger partial charge in [-0.25, -0.2) is 17.1 Å². The minimum absolute atomic E-state index is 0.0166. The molecule has 0 spiro atoms. The molecule has 140 valence electrons. The van der Waals surface area contributed by atoms with E-state index in [1.54, 1.807) is 19.1 Å². The zero-order chi connectivity index (χ0) is 19.5. The number of hydrogen-bond acceptors (Lipinski definition) is 3. The molecule has 0 aromatic heterocycles. The lowest BCUT2D eigenvalue weighted by Crippen LogP contribution is -2.31. The van der Waals surface area contributed by atoms with Crippen molar-refractivity contribution in [3.05, 3.63) is 64.4 Å². The van der Waals surface area contributed by atoms with Crippen LogP contribution in [0.4, 0.5) is 4.39 Å². The summed E-state index contributed by atoms with van der Waals surface area (Å²) in [4.78, 5) is 14.3. The van der Waals surface area contributed by atoms with E-state index < -0.39 is 15.9 Å². The van der Waals surface area contributed by atoms with Crippen molar-refractivity contribution in [1.82, 2.24) is 9.21 Å². The van der Waals surface area contributed by atoms with Crippen LogP contribution >= 0.6 is 11.6 Å². The van der Waals surface area contributed by atoms with E-state index in [1.807, 2.05) is 0 Å². The van der Waals surface area contributed by atoms with E-state index in [2.05, 4.69) is 0 Å². The number of amides is 1. The minimum Gasteiger partial charge on any atom is -0.335 e. The van der Waals surface area contributed by atoms with Crippen molar-refractivity contribution in [1.29, 1.82) is 0 Å². The Labute approximate surface area is 158 Å². The maximum absolute atomic E-state index is 13.4. The molecule has 5 nitrogen and oxygen atoms in total. The van der Waals surface area contributed by atoms with Crippen LogP contribution in [0.15, 0.2) is 47.4 Å². The molecule has 0 unspecified atom stereocenters. The Balaban J connectivity index is 2.37. The van der Waals surface area contributed by atoms with Crippen LogP contribution in [0.2, 0.25) is 5.02 Å². The van der Waals surface area contributed by atoms with Gasteiger partial charge in [-0.2, -0.15) is 0 Å². The molecule has 0 aliphatic rings. The van der Waals surface area contributed by atoms with Gasteiger partial charge in [0.05, 0.1) is 15.5 Å². The normalized spacial score (nSPS) is 11.6. The highest BCUT2D eigenvalue weighted by Crippen LogP contribution is 2.24. The number of nitrogens with zero attached hydrogens (tertiary/aromatic N) is 2. The van der Waals surface area contributed by atoms with E-state index in [0.29, 0.717) is 12.1 Å². The third-order valence-electron chi connectivity index (χ3n) is 3.88. The van der Waals surface area contributed by atoms with E-state index in [4.69, 9.17) is 11.6 Å². The van der Waals surface area contributed by atoms with Crippen molar-refractivity contribution >= 4 is 27.5 Å². The molecule has 8 heteroatoms. The van der Waals surface area contributed by atoms with Gasteiger partial charge >= 0.3 is 0 Å². The summed E-state index contributed by atoms with van der Waals surface area (Å²) in [6.07, 6.45) is 0. The predicted octanol–water partition coefficient (Wildman–Crippen LogP) is 3.39. The van der Waals surface area contributed by atoms with Crippen LogP contribution in [0.25, 0.3) is 0 Å². The SMILES string of the molecule is CCN(Cc1cccc(F)c1)C(=O)c1cc(S(=O)(=O)N(C)C)ccc1Cl. The second-order valence-corrected chi connectivity index (χ2v) is 8.44. The number of sulfonamides is 1. The molecule has 0 radical (unpaired) electrons. The molecular weight excluding hydrogens is 379 g/mol. The topological polar surface area (TPSA) is 57.7 Å². The largest absolute Gasteiger partial charge is 0.335 e. The number of rotatable bonds is 6. The zero-order valence-electron chi connectivity index (χ0n) is 14.7. The summed E-state index contributed by atoms with van der Waals surface area (Å²) in [7, 11) is -0.871. The molecule has 0 saturated carbocycles. The smallest absolute Gasteiger partial charge is 0.255 e. The molecule has 2 rings (SSSR count). The third kappa shape index (κ3) is 4.41. The summed E-state index contributed by atoms with van der Waals surface area (Å²) >= 11 is 6.13. The number of benzene rings is 2. The number of hydrogen-bond donors (Lipinski definition) is 0. The fraction of sp³-hybridized carbons (Fsp3) is 0.278. The van der Waals surface area contributed by atoms with Gasteiger partial charge < -0.3 is 4.90 Å². The first-order chi connectivity index (χ1) is 12.2. The first kappa shape index (κ1) is 20.4. The van der Waals surface area contributed by atoms with Gasteiger partial charge in [0, 0.05) is 27.2 Å². The van der Waals surface area contributed by atoms with Gasteiger partial charge in [-0.3, -0.25) is 4.79 Å². The van der Waals surface area contributed by atoms with E-state index in [-0.39, 0.29) is 27.8 Å². The molecule has 0 atom stereocenters. The van der Waals surface area contributed by atoms with Gasteiger partial charge in [0.25, 0.3) is 5.91 Å². The molecule has 0 saturated heterocycles. The Bertz CT molecular complexity index is 916. The van der Waals surface area contributed by atoms with Crippen LogP contribution in [0.3, 0.4) is 0 Å². The molecule has 26 heavy (non-hydrogen) atoms. The molecule has 0 N–H and O–H groups in total. The van der Waals surface area contributed by atoms with Gasteiger partial charge in [-0.05, 0) is 42.8 Å². The Morgan fingerprint density at radius 1 is 1.15 bits per heavy atom. The first-order valence-corrected chi connectivity index (χ1v) is 9.74. The summed E-state index contributed by atoms with van der Waals surface area (Å²) in [6, 6.07) is 9.99. The van der Waals surface area contributed by atoms with Crippen molar-refractivity contribution in [3.63, 3.8) is 0 Å². The van der Waals surface area contributed by atoms with Gasteiger partial charge in [-0.1, -0.05) is 23.7 Å². The minimum atomic E-state index is -3.69. The Morgan fingerprint density at radius 3 is 2.42 bits per heavy atom. The van der Waals surface area contributed by atoms with E-state index in [9.17, 15) is 17.6 Å². The Kier molecular flexibility index (Phi) is 6.39. The van der Waals surface area contributed by atoms with Crippen LogP contribution < -0.4 is 0 Å². The second-order valence-electron chi connectivity index (χ2n) is 5.88. The van der Waals surface area contributed by atoms with Gasteiger partial charge in [0.15, 0.2) is 0 Å². The van der Waals surface area contributed by atoms with Gasteiger partial charge in [0.2, 0.25) is 10.0 Å². The third-order valence-corrected chi connectivity index (χ3v) is 6.02. The summed E-state index contributed by atoms with van der Waals surface area (Å²) < 4.78 is 39.0. The predicted molar refractivity (Wildman–Crippen MR) is 99.1 cm³/mol. The van der Waals surface area contributed by atoms with Crippen LogP contribution in [0.5, 0.6) is 0 Å². The second kappa shape index (κ2) is 8.16. The number of halogens is 2. The lowest BCUT2D eigenvalue weighted by Gasteiger charge is -2.22. The van der Waals surface area contributed by atoms with Crippen molar-refractivity contribution in [3.8, 4) is 0 Å². The monoisotopic (exact) mass is 398 g/mol. The highest BCUT2D eigenvalue weighted by Gasteiger charge is 2.23. The lowest BCUT2D eigenvalue weighted by molar-refractivity contribution is 0.0752.